The molecule has 1 saturated heterocycles. The maximum atomic E-state index is 4.12. The largest absolute Gasteiger partial charge is 0.315 e. The van der Waals surface area contributed by atoms with E-state index >= 15 is 0 Å². The quantitative estimate of drug-likeness (QED) is 0.924. The van der Waals surface area contributed by atoms with Crippen molar-refractivity contribution in [1.29, 1.82) is 0 Å². The summed E-state index contributed by atoms with van der Waals surface area (Å²) in [6.45, 7) is 5.50. The highest BCUT2D eigenvalue weighted by Gasteiger charge is 2.12. The highest BCUT2D eigenvalue weighted by Crippen LogP contribution is 2.23. The Kier molecular flexibility index (Phi) is 4.41. The molecule has 0 unspecified atom stereocenters. The first kappa shape index (κ1) is 13.3. The average molecular weight is 266 g/mol. The normalized spacial score (nSPS) is 16.8. The lowest BCUT2D eigenvalue weighted by atomic mass is 10.0. The van der Waals surface area contributed by atoms with Crippen LogP contribution in [0.1, 0.15) is 12.0 Å². The van der Waals surface area contributed by atoms with Crippen LogP contribution in [0.5, 0.6) is 0 Å². The molecular weight excluding hydrogens is 246 g/mol. The van der Waals surface area contributed by atoms with Crippen LogP contribution in [0.15, 0.2) is 42.6 Å². The summed E-state index contributed by atoms with van der Waals surface area (Å²) >= 11 is 0. The molecule has 103 valence electrons. The fourth-order valence-corrected chi connectivity index (χ4v) is 2.70. The molecule has 2 heterocycles. The molecule has 3 rings (SSSR count). The van der Waals surface area contributed by atoms with Gasteiger partial charge in [0.15, 0.2) is 0 Å². The second-order valence-electron chi connectivity index (χ2n) is 5.20. The van der Waals surface area contributed by atoms with Crippen molar-refractivity contribution in [3.05, 3.63) is 54.4 Å². The van der Waals surface area contributed by atoms with E-state index in [-0.39, 0.29) is 0 Å². The first-order valence-electron chi connectivity index (χ1n) is 7.27. The third-order valence-corrected chi connectivity index (χ3v) is 3.74. The molecule has 0 amide bonds. The summed E-state index contributed by atoms with van der Waals surface area (Å²) in [6, 6.07) is 12.6. The number of nitrogens with zero attached hydrogens (tertiary/aromatic N) is 2. The second-order valence-corrected chi connectivity index (χ2v) is 5.20. The van der Waals surface area contributed by atoms with Crippen LogP contribution in [0.2, 0.25) is 0 Å². The second kappa shape index (κ2) is 6.64. The summed E-state index contributed by atoms with van der Waals surface area (Å²) in [5.41, 5.74) is 3.69. The molecule has 1 fully saturated rings. The van der Waals surface area contributed by atoms with E-state index < -0.39 is 0 Å². The number of benzene rings is 1. The first-order valence-corrected chi connectivity index (χ1v) is 7.27. The molecule has 3 heteroatoms. The molecule has 0 aliphatic carbocycles. The van der Waals surface area contributed by atoms with Gasteiger partial charge in [0, 0.05) is 31.4 Å². The fraction of sp³-hybridized carbons (Fsp3) is 0.353. The van der Waals surface area contributed by atoms with Gasteiger partial charge in [-0.25, -0.2) is 0 Å². The Morgan fingerprint density at radius 3 is 2.95 bits per heavy atom. The SMILES string of the molecule is [c]1ncccc1-c1ccccc1CN1CCCNCC1. The third-order valence-electron chi connectivity index (χ3n) is 3.74. The first-order chi connectivity index (χ1) is 9.93. The van der Waals surface area contributed by atoms with E-state index in [9.17, 15) is 0 Å². The van der Waals surface area contributed by atoms with Crippen molar-refractivity contribution in [2.45, 2.75) is 13.0 Å². The summed E-state index contributed by atoms with van der Waals surface area (Å²) in [5.74, 6) is 0. The Morgan fingerprint density at radius 1 is 1.10 bits per heavy atom. The van der Waals surface area contributed by atoms with Gasteiger partial charge in [-0.2, -0.15) is 0 Å². The van der Waals surface area contributed by atoms with E-state index in [1.54, 1.807) is 6.20 Å². The Labute approximate surface area is 120 Å². The molecule has 20 heavy (non-hydrogen) atoms. The zero-order chi connectivity index (χ0) is 13.6. The third kappa shape index (κ3) is 3.24. The van der Waals surface area contributed by atoms with Crippen molar-refractivity contribution in [2.75, 3.05) is 26.2 Å². The topological polar surface area (TPSA) is 28.2 Å². The number of hydrogen-bond donors (Lipinski definition) is 1. The lowest BCUT2D eigenvalue weighted by Gasteiger charge is -2.21. The highest BCUT2D eigenvalue weighted by atomic mass is 15.1. The van der Waals surface area contributed by atoms with Crippen molar-refractivity contribution in [3.8, 4) is 11.1 Å². The van der Waals surface area contributed by atoms with Gasteiger partial charge in [-0.05, 0) is 36.7 Å². The molecule has 1 radical (unpaired) electrons. The average Bonchev–Trinajstić information content (AvgIpc) is 2.77. The summed E-state index contributed by atoms with van der Waals surface area (Å²) in [4.78, 5) is 6.64. The van der Waals surface area contributed by atoms with Gasteiger partial charge in [-0.3, -0.25) is 9.88 Å². The molecule has 1 aromatic heterocycles. The van der Waals surface area contributed by atoms with Crippen molar-refractivity contribution >= 4 is 0 Å². The maximum Gasteiger partial charge on any atom is 0.0970 e. The molecule has 1 N–H and O–H groups in total. The lowest BCUT2D eigenvalue weighted by molar-refractivity contribution is 0.285. The van der Waals surface area contributed by atoms with Crippen LogP contribution < -0.4 is 5.32 Å². The molecule has 1 aliphatic heterocycles. The van der Waals surface area contributed by atoms with E-state index in [0.29, 0.717) is 0 Å². The van der Waals surface area contributed by atoms with Crippen LogP contribution >= 0.6 is 0 Å². The fourth-order valence-electron chi connectivity index (χ4n) is 2.70. The van der Waals surface area contributed by atoms with Gasteiger partial charge >= 0.3 is 0 Å². The van der Waals surface area contributed by atoms with Crippen LogP contribution in [-0.4, -0.2) is 36.1 Å². The molecule has 3 nitrogen and oxygen atoms in total. The van der Waals surface area contributed by atoms with Crippen LogP contribution in [0.3, 0.4) is 0 Å². The maximum absolute atomic E-state index is 4.12. The summed E-state index contributed by atoms with van der Waals surface area (Å²) < 4.78 is 0. The molecule has 0 saturated carbocycles. The molecule has 2 aromatic rings. The van der Waals surface area contributed by atoms with E-state index in [4.69, 9.17) is 0 Å². The Bertz CT molecular complexity index is 531. The number of pyridine rings is 1. The Morgan fingerprint density at radius 2 is 2.05 bits per heavy atom. The minimum absolute atomic E-state index is 1.00. The van der Waals surface area contributed by atoms with Crippen LogP contribution in [0.4, 0.5) is 0 Å². The van der Waals surface area contributed by atoms with E-state index in [1.807, 2.05) is 6.07 Å². The van der Waals surface area contributed by atoms with Gasteiger partial charge in [0.1, 0.15) is 0 Å². The standard InChI is InChI=1S/C17H20N3/c1-2-7-17(15-6-3-8-19-13-15)16(5-1)14-20-11-4-9-18-10-12-20/h1-3,5-8,18H,4,9-12,14H2. The van der Waals surface area contributed by atoms with Crippen LogP contribution in [-0.2, 0) is 6.54 Å². The summed E-state index contributed by atoms with van der Waals surface area (Å²) in [5, 5.41) is 3.45. The smallest absolute Gasteiger partial charge is 0.0970 e. The van der Waals surface area contributed by atoms with Crippen molar-refractivity contribution in [2.24, 2.45) is 0 Å². The van der Waals surface area contributed by atoms with Crippen LogP contribution in [0.25, 0.3) is 11.1 Å². The number of rotatable bonds is 3. The minimum Gasteiger partial charge on any atom is -0.315 e. The molecule has 1 aromatic carbocycles. The van der Waals surface area contributed by atoms with E-state index in [1.165, 1.54) is 17.5 Å². The molecule has 0 atom stereocenters. The van der Waals surface area contributed by atoms with Gasteiger partial charge < -0.3 is 5.32 Å². The summed E-state index contributed by atoms with van der Waals surface area (Å²) in [7, 11) is 0. The Balaban J connectivity index is 1.82. The molecular formula is C17H20N3. The predicted octanol–water partition coefficient (Wildman–Crippen LogP) is 2.34. The van der Waals surface area contributed by atoms with Crippen molar-refractivity contribution in [3.63, 3.8) is 0 Å². The van der Waals surface area contributed by atoms with Crippen LogP contribution in [0, 0.1) is 6.20 Å². The van der Waals surface area contributed by atoms with E-state index in [2.05, 4.69) is 51.7 Å². The molecule has 0 spiro atoms. The van der Waals surface area contributed by atoms with E-state index in [0.717, 1.165) is 38.3 Å². The number of nitrogens with one attached hydrogen (secondary N) is 1. The Hall–Kier alpha value is -1.71. The molecule has 0 bridgehead atoms. The van der Waals surface area contributed by atoms with Gasteiger partial charge in [0.25, 0.3) is 0 Å². The lowest BCUT2D eigenvalue weighted by Crippen LogP contribution is -2.27. The van der Waals surface area contributed by atoms with Gasteiger partial charge in [-0.15, -0.1) is 0 Å². The number of aromatic nitrogens is 1. The van der Waals surface area contributed by atoms with Crippen molar-refractivity contribution in [1.82, 2.24) is 15.2 Å². The molecule has 1 aliphatic rings. The van der Waals surface area contributed by atoms with Gasteiger partial charge in [0.2, 0.25) is 0 Å². The van der Waals surface area contributed by atoms with Gasteiger partial charge in [0.05, 0.1) is 6.20 Å². The summed E-state index contributed by atoms with van der Waals surface area (Å²) in [6.07, 6.45) is 6.09. The minimum atomic E-state index is 1.00. The predicted molar refractivity (Wildman–Crippen MR) is 81.3 cm³/mol. The van der Waals surface area contributed by atoms with Crippen molar-refractivity contribution < 1.29 is 0 Å². The number of hydrogen-bond acceptors (Lipinski definition) is 3. The zero-order valence-corrected chi connectivity index (χ0v) is 11.7. The zero-order valence-electron chi connectivity index (χ0n) is 11.7. The monoisotopic (exact) mass is 266 g/mol. The van der Waals surface area contributed by atoms with Gasteiger partial charge in [-0.1, -0.05) is 30.3 Å². The highest BCUT2D eigenvalue weighted by molar-refractivity contribution is 5.65.